The molecule has 0 atom stereocenters. The fraction of sp³-hybridized carbons (Fsp3) is 0.478. The first-order chi connectivity index (χ1) is 12.6. The molecule has 0 aromatic heterocycles. The molecule has 4 heteroatoms. The van der Waals surface area contributed by atoms with Gasteiger partial charge in [-0.3, -0.25) is 0 Å². The summed E-state index contributed by atoms with van der Waals surface area (Å²) in [5.74, 6) is 0. The van der Waals surface area contributed by atoms with Crippen LogP contribution < -0.4 is 12.1 Å². The van der Waals surface area contributed by atoms with Crippen molar-refractivity contribution in [3.05, 3.63) is 36.4 Å². The molecule has 0 fully saturated rings. The summed E-state index contributed by atoms with van der Waals surface area (Å²) < 4.78 is 4.23. The minimum atomic E-state index is -0.572. The summed E-state index contributed by atoms with van der Waals surface area (Å²) in [6, 6.07) is 14.6. The summed E-state index contributed by atoms with van der Waals surface area (Å²) in [7, 11) is 0. The number of rotatable bonds is 4. The van der Waals surface area contributed by atoms with Gasteiger partial charge in [-0.15, -0.1) is 0 Å². The van der Waals surface area contributed by atoms with Gasteiger partial charge in [-0.1, -0.05) is 0 Å². The SMILES string of the molecule is CCCN1c2cc[c]([Sn][C](C)(C)C)cc2Sc2c[c]([Sn][C](C)(C)C)ccc21. The van der Waals surface area contributed by atoms with E-state index in [1.807, 2.05) is 11.8 Å². The Morgan fingerprint density at radius 2 is 1.22 bits per heavy atom. The van der Waals surface area contributed by atoms with Gasteiger partial charge in [-0.25, -0.2) is 0 Å². The first-order valence-electron chi connectivity index (χ1n) is 9.85. The Labute approximate surface area is 190 Å². The quantitative estimate of drug-likeness (QED) is 0.415. The molecule has 0 unspecified atom stereocenters. The molecule has 2 aromatic carbocycles. The third kappa shape index (κ3) is 5.85. The van der Waals surface area contributed by atoms with Crippen LogP contribution >= 0.6 is 11.8 Å². The fourth-order valence-corrected chi connectivity index (χ4v) is 12.3. The average Bonchev–Trinajstić information content (AvgIpc) is 2.51. The third-order valence-corrected chi connectivity index (χ3v) is 13.0. The van der Waals surface area contributed by atoms with Crippen LogP contribution in [0.2, 0.25) is 6.86 Å². The van der Waals surface area contributed by atoms with Crippen LogP contribution in [0.25, 0.3) is 0 Å². The zero-order valence-corrected chi connectivity index (χ0v) is 24.3. The Morgan fingerprint density at radius 1 is 0.778 bits per heavy atom. The van der Waals surface area contributed by atoms with Gasteiger partial charge in [0.1, 0.15) is 0 Å². The number of nitrogens with zero attached hydrogens (tertiary/aromatic N) is 1. The van der Waals surface area contributed by atoms with Crippen LogP contribution in [0.4, 0.5) is 11.4 Å². The van der Waals surface area contributed by atoms with Gasteiger partial charge in [0.2, 0.25) is 0 Å². The molecule has 0 N–H and O–H groups in total. The van der Waals surface area contributed by atoms with Gasteiger partial charge in [0.25, 0.3) is 0 Å². The van der Waals surface area contributed by atoms with E-state index in [4.69, 9.17) is 0 Å². The van der Waals surface area contributed by atoms with E-state index in [1.165, 1.54) is 27.6 Å². The van der Waals surface area contributed by atoms with Crippen molar-refractivity contribution in [2.75, 3.05) is 11.4 Å². The molecule has 1 aliphatic rings. The molecule has 0 bridgehead atoms. The number of fused-ring (bicyclic) bond motifs is 2. The molecule has 4 radical (unpaired) electrons. The van der Waals surface area contributed by atoms with E-state index in [0.29, 0.717) is 6.86 Å². The number of hydrogen-bond acceptors (Lipinski definition) is 2. The van der Waals surface area contributed by atoms with E-state index in [0.717, 1.165) is 6.54 Å². The molecule has 1 nitrogen and oxygen atoms in total. The maximum absolute atomic E-state index is 2.55. The van der Waals surface area contributed by atoms with Crippen LogP contribution in [0.1, 0.15) is 54.9 Å². The number of anilines is 2. The Hall–Kier alpha value is 0.187. The van der Waals surface area contributed by atoms with E-state index in [9.17, 15) is 0 Å². The molecule has 0 spiro atoms. The average molecular weight is 591 g/mol. The summed E-state index contributed by atoms with van der Waals surface area (Å²) >= 11 is 0.861. The summed E-state index contributed by atoms with van der Waals surface area (Å²) in [4.78, 5) is 5.49. The van der Waals surface area contributed by atoms with Gasteiger partial charge in [-0.2, -0.15) is 0 Å². The summed E-state index contributed by atoms with van der Waals surface area (Å²) in [6.45, 7) is 17.8. The second-order valence-corrected chi connectivity index (χ2v) is 23.7. The summed E-state index contributed by atoms with van der Waals surface area (Å²) in [5, 5.41) is 0. The molecular formula is C23H31NSSn2. The summed E-state index contributed by atoms with van der Waals surface area (Å²) in [5.41, 5.74) is 2.82. The predicted molar refractivity (Wildman–Crippen MR) is 125 cm³/mol. The van der Waals surface area contributed by atoms with Crippen LogP contribution in [0, 0.1) is 0 Å². The Morgan fingerprint density at radius 3 is 1.59 bits per heavy atom. The third-order valence-electron chi connectivity index (χ3n) is 4.21. The van der Waals surface area contributed by atoms with Crippen molar-refractivity contribution in [2.24, 2.45) is 0 Å². The molecule has 0 saturated heterocycles. The molecular weight excluding hydrogens is 560 g/mol. The molecule has 1 aliphatic heterocycles. The van der Waals surface area contributed by atoms with Crippen molar-refractivity contribution >= 4 is 72.6 Å². The molecule has 27 heavy (non-hydrogen) atoms. The maximum atomic E-state index is 2.55. The van der Waals surface area contributed by atoms with Gasteiger partial charge in [0.05, 0.1) is 0 Å². The van der Waals surface area contributed by atoms with Crippen LogP contribution in [0.15, 0.2) is 46.2 Å². The van der Waals surface area contributed by atoms with Crippen molar-refractivity contribution in [3.63, 3.8) is 0 Å². The van der Waals surface area contributed by atoms with Crippen molar-refractivity contribution in [3.8, 4) is 0 Å². The number of benzene rings is 2. The van der Waals surface area contributed by atoms with E-state index in [-0.39, 0.29) is 0 Å². The Kier molecular flexibility index (Phi) is 6.90. The monoisotopic (exact) mass is 593 g/mol. The van der Waals surface area contributed by atoms with Gasteiger partial charge in [0.15, 0.2) is 0 Å². The van der Waals surface area contributed by atoms with E-state index in [2.05, 4.69) is 89.8 Å². The van der Waals surface area contributed by atoms with Crippen molar-refractivity contribution in [2.45, 2.75) is 71.5 Å². The van der Waals surface area contributed by atoms with Crippen LogP contribution in [0.3, 0.4) is 0 Å². The topological polar surface area (TPSA) is 3.24 Å². The first kappa shape index (κ1) is 21.9. The zero-order valence-electron chi connectivity index (χ0n) is 17.7. The van der Waals surface area contributed by atoms with Crippen LogP contribution in [-0.2, 0) is 0 Å². The Bertz CT molecular complexity index is 753. The minimum absolute atomic E-state index is 0.491. The molecule has 1 heterocycles. The predicted octanol–water partition coefficient (Wildman–Crippen LogP) is 5.80. The Balaban J connectivity index is 1.99. The second kappa shape index (κ2) is 8.51. The van der Waals surface area contributed by atoms with Crippen molar-refractivity contribution < 1.29 is 0 Å². The van der Waals surface area contributed by atoms with Gasteiger partial charge in [0, 0.05) is 0 Å². The van der Waals surface area contributed by atoms with E-state index in [1.54, 1.807) is 7.16 Å². The second-order valence-electron chi connectivity index (χ2n) is 9.37. The fourth-order valence-electron chi connectivity index (χ4n) is 3.37. The van der Waals surface area contributed by atoms with E-state index >= 15 is 0 Å². The van der Waals surface area contributed by atoms with Crippen LogP contribution in [0.5, 0.6) is 0 Å². The van der Waals surface area contributed by atoms with E-state index < -0.39 is 42.3 Å². The molecule has 0 aliphatic carbocycles. The molecule has 2 aromatic rings. The van der Waals surface area contributed by atoms with Gasteiger partial charge < -0.3 is 0 Å². The molecule has 142 valence electrons. The van der Waals surface area contributed by atoms with Crippen LogP contribution in [-0.4, -0.2) is 48.8 Å². The zero-order chi connectivity index (χ0) is 19.8. The normalized spacial score (nSPS) is 14.1. The van der Waals surface area contributed by atoms with Gasteiger partial charge in [-0.05, 0) is 0 Å². The van der Waals surface area contributed by atoms with Crippen molar-refractivity contribution in [1.82, 2.24) is 0 Å². The molecule has 0 amide bonds. The van der Waals surface area contributed by atoms with Gasteiger partial charge >= 0.3 is 192 Å². The molecule has 0 saturated carbocycles. The number of hydrogen-bond donors (Lipinski definition) is 0. The molecule has 3 rings (SSSR count). The standard InChI is InChI=1S/C15H13NS.2C4H9.2Sn/c1-2-11-16-12-7-3-5-9-14(12)17-15-10-6-4-8-13(15)16;2*1-4(2)3;;/h3-4,7-10H,2,11H2,1H3;2*1-3H3;;. The van der Waals surface area contributed by atoms with Crippen molar-refractivity contribution in [1.29, 1.82) is 0 Å². The summed E-state index contributed by atoms with van der Waals surface area (Å²) in [6.07, 6.45) is 1.17. The first-order valence-corrected chi connectivity index (χ1v) is 16.4.